The molecule has 4 aromatic carbocycles. The number of hydrogen-bond acceptors (Lipinski definition) is 4. The van der Waals surface area contributed by atoms with Crippen LogP contribution >= 0.6 is 15.9 Å². The quantitative estimate of drug-likeness (QED) is 0.240. The van der Waals surface area contributed by atoms with Gasteiger partial charge in [-0.15, -0.1) is 0 Å². The number of ether oxygens (including phenoxy) is 2. The van der Waals surface area contributed by atoms with Crippen LogP contribution in [-0.4, -0.2) is 25.8 Å². The molecule has 0 fully saturated rings. The summed E-state index contributed by atoms with van der Waals surface area (Å²) in [7, 11) is 1.55. The lowest BCUT2D eigenvalue weighted by Crippen LogP contribution is -2.24. The Kier molecular flexibility index (Phi) is 5.95. The monoisotopic (exact) mass is 462 g/mol. The first-order valence-electron chi connectivity index (χ1n) is 9.34. The van der Waals surface area contributed by atoms with E-state index in [0.717, 1.165) is 31.6 Å². The molecule has 4 rings (SSSR count). The maximum atomic E-state index is 12.2. The Bertz CT molecular complexity index is 1200. The number of hydrazone groups is 1. The van der Waals surface area contributed by atoms with E-state index in [1.807, 2.05) is 42.5 Å². The van der Waals surface area contributed by atoms with Crippen molar-refractivity contribution in [3.8, 4) is 11.5 Å². The maximum Gasteiger partial charge on any atom is 0.277 e. The Morgan fingerprint density at radius 2 is 1.63 bits per heavy atom. The summed E-state index contributed by atoms with van der Waals surface area (Å²) in [6.07, 6.45) is 1.68. The van der Waals surface area contributed by atoms with Crippen molar-refractivity contribution >= 4 is 49.6 Å². The molecule has 0 aromatic heterocycles. The smallest absolute Gasteiger partial charge is 0.277 e. The van der Waals surface area contributed by atoms with Gasteiger partial charge in [0.25, 0.3) is 5.91 Å². The van der Waals surface area contributed by atoms with Gasteiger partial charge in [-0.25, -0.2) is 5.43 Å². The van der Waals surface area contributed by atoms with Gasteiger partial charge < -0.3 is 9.47 Å². The Balaban J connectivity index is 1.50. The molecule has 0 unspecified atom stereocenters. The van der Waals surface area contributed by atoms with Crippen LogP contribution in [-0.2, 0) is 4.79 Å². The van der Waals surface area contributed by atoms with Gasteiger partial charge in [-0.1, -0.05) is 64.5 Å². The molecule has 150 valence electrons. The molecule has 0 atom stereocenters. The van der Waals surface area contributed by atoms with E-state index in [1.54, 1.807) is 25.5 Å². The first-order valence-corrected chi connectivity index (χ1v) is 10.1. The van der Waals surface area contributed by atoms with Crippen molar-refractivity contribution in [3.63, 3.8) is 0 Å². The minimum atomic E-state index is -0.360. The number of benzene rings is 4. The Morgan fingerprint density at radius 3 is 2.30 bits per heavy atom. The van der Waals surface area contributed by atoms with Crippen LogP contribution in [0.5, 0.6) is 11.5 Å². The predicted molar refractivity (Wildman–Crippen MR) is 123 cm³/mol. The molecule has 30 heavy (non-hydrogen) atoms. The summed E-state index contributed by atoms with van der Waals surface area (Å²) in [4.78, 5) is 12.2. The fourth-order valence-electron chi connectivity index (χ4n) is 3.29. The number of nitrogens with one attached hydrogen (secondary N) is 1. The van der Waals surface area contributed by atoms with Crippen LogP contribution in [0.4, 0.5) is 0 Å². The van der Waals surface area contributed by atoms with Gasteiger partial charge >= 0.3 is 0 Å². The summed E-state index contributed by atoms with van der Waals surface area (Å²) in [5.74, 6) is 0.670. The van der Waals surface area contributed by atoms with Gasteiger partial charge in [-0.3, -0.25) is 4.79 Å². The molecular formula is C24H19BrN2O3. The van der Waals surface area contributed by atoms with Crippen molar-refractivity contribution in [2.24, 2.45) is 5.10 Å². The summed E-state index contributed by atoms with van der Waals surface area (Å²) < 4.78 is 11.7. The molecule has 0 saturated heterocycles. The first-order chi connectivity index (χ1) is 14.7. The van der Waals surface area contributed by atoms with E-state index in [9.17, 15) is 4.79 Å². The fourth-order valence-corrected chi connectivity index (χ4v) is 3.63. The van der Waals surface area contributed by atoms with Gasteiger partial charge in [0.15, 0.2) is 18.1 Å². The summed E-state index contributed by atoms with van der Waals surface area (Å²) in [5, 5.41) is 8.56. The zero-order valence-corrected chi connectivity index (χ0v) is 17.8. The van der Waals surface area contributed by atoms with E-state index in [1.165, 1.54) is 0 Å². The van der Waals surface area contributed by atoms with Crippen molar-refractivity contribution < 1.29 is 14.3 Å². The summed E-state index contributed by atoms with van der Waals surface area (Å²) >= 11 is 3.37. The predicted octanol–water partition coefficient (Wildman–Crippen LogP) is 5.29. The lowest BCUT2D eigenvalue weighted by molar-refractivity contribution is -0.123. The molecule has 4 aromatic rings. The maximum absolute atomic E-state index is 12.2. The Labute approximate surface area is 182 Å². The number of amides is 1. The van der Waals surface area contributed by atoms with Crippen LogP contribution in [0.2, 0.25) is 0 Å². The molecule has 0 saturated carbocycles. The Hall–Kier alpha value is -3.38. The number of hydrogen-bond donors (Lipinski definition) is 1. The highest BCUT2D eigenvalue weighted by atomic mass is 79.9. The number of carbonyl (C=O) groups excluding carboxylic acids is 1. The molecular weight excluding hydrogens is 444 g/mol. The normalized spacial score (nSPS) is 11.1. The summed E-state index contributed by atoms with van der Waals surface area (Å²) in [5.41, 5.74) is 3.49. The molecule has 0 heterocycles. The third-order valence-corrected chi connectivity index (χ3v) is 5.17. The molecule has 0 aliphatic rings. The van der Waals surface area contributed by atoms with Crippen LogP contribution in [0.1, 0.15) is 5.56 Å². The largest absolute Gasteiger partial charge is 0.493 e. The molecule has 0 spiro atoms. The minimum absolute atomic E-state index is 0.175. The molecule has 6 heteroatoms. The summed E-state index contributed by atoms with van der Waals surface area (Å²) in [6, 6.07) is 23.7. The van der Waals surface area contributed by atoms with Crippen LogP contribution < -0.4 is 14.9 Å². The Morgan fingerprint density at radius 1 is 0.967 bits per heavy atom. The first kappa shape index (κ1) is 19.9. The van der Waals surface area contributed by atoms with Crippen molar-refractivity contribution in [2.45, 2.75) is 0 Å². The van der Waals surface area contributed by atoms with E-state index >= 15 is 0 Å². The second kappa shape index (κ2) is 8.97. The number of carbonyl (C=O) groups is 1. The van der Waals surface area contributed by atoms with Crippen molar-refractivity contribution in [1.82, 2.24) is 5.43 Å². The van der Waals surface area contributed by atoms with Gasteiger partial charge in [-0.2, -0.15) is 5.10 Å². The van der Waals surface area contributed by atoms with Crippen LogP contribution in [0.15, 0.2) is 82.4 Å². The second-order valence-corrected chi connectivity index (χ2v) is 7.53. The van der Waals surface area contributed by atoms with E-state index in [0.29, 0.717) is 11.5 Å². The topological polar surface area (TPSA) is 59.9 Å². The second-order valence-electron chi connectivity index (χ2n) is 6.61. The zero-order valence-electron chi connectivity index (χ0n) is 16.3. The van der Waals surface area contributed by atoms with Crippen LogP contribution in [0, 0.1) is 0 Å². The zero-order chi connectivity index (χ0) is 20.9. The van der Waals surface area contributed by atoms with Gasteiger partial charge in [0.1, 0.15) is 0 Å². The van der Waals surface area contributed by atoms with E-state index < -0.39 is 0 Å². The van der Waals surface area contributed by atoms with Crippen molar-refractivity contribution in [2.75, 3.05) is 13.7 Å². The lowest BCUT2D eigenvalue weighted by Gasteiger charge is -2.10. The number of methoxy groups -OCH3 is 1. The van der Waals surface area contributed by atoms with Crippen LogP contribution in [0.3, 0.4) is 0 Å². The van der Waals surface area contributed by atoms with E-state index in [4.69, 9.17) is 9.47 Å². The molecule has 0 aliphatic heterocycles. The number of fused-ring (bicyclic) bond motifs is 2. The number of rotatable bonds is 6. The van der Waals surface area contributed by atoms with E-state index in [-0.39, 0.29) is 12.5 Å². The molecule has 0 bridgehead atoms. The van der Waals surface area contributed by atoms with Gasteiger partial charge in [-0.05, 0) is 45.8 Å². The highest BCUT2D eigenvalue weighted by Crippen LogP contribution is 2.30. The number of halogens is 1. The molecule has 1 N–H and O–H groups in total. The minimum Gasteiger partial charge on any atom is -0.493 e. The summed E-state index contributed by atoms with van der Waals surface area (Å²) in [6.45, 7) is -0.175. The average Bonchev–Trinajstić information content (AvgIpc) is 2.77. The van der Waals surface area contributed by atoms with E-state index in [2.05, 4.69) is 44.7 Å². The number of nitrogens with zero attached hydrogens (tertiary/aromatic N) is 1. The van der Waals surface area contributed by atoms with Crippen LogP contribution in [0.25, 0.3) is 21.5 Å². The third kappa shape index (κ3) is 4.28. The lowest BCUT2D eigenvalue weighted by atomic mass is 9.97. The van der Waals surface area contributed by atoms with Gasteiger partial charge in [0, 0.05) is 10.0 Å². The van der Waals surface area contributed by atoms with Gasteiger partial charge in [0.05, 0.1) is 13.3 Å². The third-order valence-electron chi connectivity index (χ3n) is 4.68. The average molecular weight is 463 g/mol. The highest BCUT2D eigenvalue weighted by Gasteiger charge is 2.08. The molecule has 1 amide bonds. The standard InChI is InChI=1S/C24H19BrN2O3/c1-29-23-13-18(25)10-11-22(23)30-15-24(28)27-26-14-21-19-8-4-2-6-16(19)12-17-7-3-5-9-20(17)21/h2-14H,15H2,1H3,(H,27,28). The van der Waals surface area contributed by atoms with Gasteiger partial charge in [0.2, 0.25) is 0 Å². The molecule has 0 radical (unpaired) electrons. The molecule has 0 aliphatic carbocycles. The SMILES string of the molecule is COc1cc(Br)ccc1OCC(=O)NN=Cc1c2ccccc2cc2ccccc12. The molecule has 5 nitrogen and oxygen atoms in total. The van der Waals surface area contributed by atoms with Crippen molar-refractivity contribution in [3.05, 3.63) is 82.8 Å². The van der Waals surface area contributed by atoms with Crippen molar-refractivity contribution in [1.29, 1.82) is 0 Å². The highest BCUT2D eigenvalue weighted by molar-refractivity contribution is 9.10. The fraction of sp³-hybridized carbons (Fsp3) is 0.0833.